The molecule has 1 heterocycles. The molecular weight excluding hydrogens is 248 g/mol. The molecule has 0 spiro atoms. The van der Waals surface area contributed by atoms with Gasteiger partial charge in [-0.1, -0.05) is 12.1 Å². The van der Waals surface area contributed by atoms with E-state index in [1.165, 1.54) is 5.56 Å². The first-order valence-corrected chi connectivity index (χ1v) is 6.82. The Labute approximate surface area is 118 Å². The summed E-state index contributed by atoms with van der Waals surface area (Å²) in [6.45, 7) is 2.91. The number of anilines is 1. The molecule has 0 radical (unpaired) electrons. The van der Waals surface area contributed by atoms with Crippen molar-refractivity contribution >= 4 is 5.69 Å². The number of hydrogen-bond acceptors (Lipinski definition) is 3. The van der Waals surface area contributed by atoms with Crippen LogP contribution in [0, 0.1) is 18.3 Å². The van der Waals surface area contributed by atoms with Crippen LogP contribution in [-0.4, -0.2) is 6.54 Å². The van der Waals surface area contributed by atoms with Gasteiger partial charge in [0.25, 0.3) is 0 Å². The van der Waals surface area contributed by atoms with Crippen LogP contribution >= 0.6 is 0 Å². The molecule has 0 aliphatic carbocycles. The van der Waals surface area contributed by atoms with Crippen LogP contribution in [0.15, 0.2) is 36.4 Å². The van der Waals surface area contributed by atoms with Gasteiger partial charge in [0.1, 0.15) is 5.75 Å². The van der Waals surface area contributed by atoms with E-state index < -0.39 is 0 Å². The lowest BCUT2D eigenvalue weighted by molar-refractivity contribution is 0.482. The molecule has 1 aliphatic rings. The summed E-state index contributed by atoms with van der Waals surface area (Å²) in [7, 11) is 0. The maximum absolute atomic E-state index is 8.96. The molecule has 3 nitrogen and oxygen atoms in total. The van der Waals surface area contributed by atoms with Crippen molar-refractivity contribution in [2.24, 2.45) is 0 Å². The van der Waals surface area contributed by atoms with Crippen LogP contribution in [0.25, 0.3) is 0 Å². The van der Waals surface area contributed by atoms with Crippen LogP contribution in [0.5, 0.6) is 11.5 Å². The van der Waals surface area contributed by atoms with E-state index in [0.717, 1.165) is 42.1 Å². The summed E-state index contributed by atoms with van der Waals surface area (Å²) in [6, 6.07) is 13.9. The average Bonchev–Trinajstić information content (AvgIpc) is 2.48. The highest BCUT2D eigenvalue weighted by Crippen LogP contribution is 2.35. The fourth-order valence-corrected chi connectivity index (χ4v) is 2.51. The standard InChI is InChI=1S/C17H16N2O/c1-12-10-15(8-7-14(12)11-18)20-16-6-2-4-13-5-3-9-19-17(13)16/h2,4,6-8,10,19H,3,5,9H2,1H3. The summed E-state index contributed by atoms with van der Waals surface area (Å²) in [6.07, 6.45) is 2.25. The predicted octanol–water partition coefficient (Wildman–Crippen LogP) is 4.02. The number of nitriles is 1. The molecule has 0 saturated carbocycles. The third kappa shape index (κ3) is 2.33. The van der Waals surface area contributed by atoms with Crippen LogP contribution in [0.2, 0.25) is 0 Å². The van der Waals surface area contributed by atoms with Gasteiger partial charge in [0.2, 0.25) is 0 Å². The normalized spacial score (nSPS) is 13.0. The molecule has 1 N–H and O–H groups in total. The first kappa shape index (κ1) is 12.6. The van der Waals surface area contributed by atoms with Crippen LogP contribution in [0.4, 0.5) is 5.69 Å². The van der Waals surface area contributed by atoms with Gasteiger partial charge < -0.3 is 10.1 Å². The summed E-state index contributed by atoms with van der Waals surface area (Å²) in [5.74, 6) is 1.62. The molecule has 0 atom stereocenters. The summed E-state index contributed by atoms with van der Waals surface area (Å²) in [5.41, 5.74) is 4.02. The van der Waals surface area contributed by atoms with E-state index in [0.29, 0.717) is 5.56 Å². The summed E-state index contributed by atoms with van der Waals surface area (Å²) < 4.78 is 5.99. The minimum Gasteiger partial charge on any atom is -0.455 e. The van der Waals surface area contributed by atoms with Crippen molar-refractivity contribution in [1.82, 2.24) is 0 Å². The van der Waals surface area contributed by atoms with E-state index in [2.05, 4.69) is 17.5 Å². The van der Waals surface area contributed by atoms with Crippen LogP contribution in [-0.2, 0) is 6.42 Å². The van der Waals surface area contributed by atoms with Gasteiger partial charge in [0.15, 0.2) is 5.75 Å². The van der Waals surface area contributed by atoms with Crippen molar-refractivity contribution in [3.63, 3.8) is 0 Å². The Kier molecular flexibility index (Phi) is 3.30. The molecule has 2 aromatic carbocycles. The number of fused-ring (bicyclic) bond motifs is 1. The maximum Gasteiger partial charge on any atom is 0.150 e. The van der Waals surface area contributed by atoms with Gasteiger partial charge in [-0.25, -0.2) is 0 Å². The first-order chi connectivity index (χ1) is 9.78. The fraction of sp³-hybridized carbons (Fsp3) is 0.235. The average molecular weight is 264 g/mol. The number of hydrogen-bond donors (Lipinski definition) is 1. The molecule has 0 aromatic heterocycles. The molecule has 20 heavy (non-hydrogen) atoms. The van der Waals surface area contributed by atoms with Crippen LogP contribution < -0.4 is 10.1 Å². The van der Waals surface area contributed by atoms with Gasteiger partial charge in [-0.2, -0.15) is 5.26 Å². The number of ether oxygens (including phenoxy) is 1. The number of benzene rings is 2. The Morgan fingerprint density at radius 3 is 2.95 bits per heavy atom. The van der Waals surface area contributed by atoms with Crippen molar-refractivity contribution in [2.45, 2.75) is 19.8 Å². The molecule has 3 rings (SSSR count). The van der Waals surface area contributed by atoms with Gasteiger partial charge in [0.05, 0.1) is 17.3 Å². The molecule has 0 saturated heterocycles. The van der Waals surface area contributed by atoms with Crippen LogP contribution in [0.3, 0.4) is 0 Å². The number of nitrogens with one attached hydrogen (secondary N) is 1. The number of nitrogens with zero attached hydrogens (tertiary/aromatic N) is 1. The second-order valence-electron chi connectivity index (χ2n) is 5.01. The summed E-state index contributed by atoms with van der Waals surface area (Å²) in [5, 5.41) is 12.4. The quantitative estimate of drug-likeness (QED) is 0.891. The van der Waals surface area contributed by atoms with Gasteiger partial charge in [-0.15, -0.1) is 0 Å². The van der Waals surface area contributed by atoms with E-state index in [4.69, 9.17) is 10.00 Å². The second kappa shape index (κ2) is 5.26. The van der Waals surface area contributed by atoms with E-state index in [1.54, 1.807) is 6.07 Å². The molecule has 100 valence electrons. The molecule has 2 aromatic rings. The van der Waals surface area contributed by atoms with Gasteiger partial charge >= 0.3 is 0 Å². The lowest BCUT2D eigenvalue weighted by Gasteiger charge is -2.21. The summed E-state index contributed by atoms with van der Waals surface area (Å²) in [4.78, 5) is 0. The van der Waals surface area contributed by atoms with Gasteiger partial charge in [-0.05, 0) is 55.2 Å². The highest BCUT2D eigenvalue weighted by Gasteiger charge is 2.14. The molecule has 0 unspecified atom stereocenters. The zero-order chi connectivity index (χ0) is 13.9. The molecule has 0 amide bonds. The molecule has 1 aliphatic heterocycles. The fourth-order valence-electron chi connectivity index (χ4n) is 2.51. The smallest absolute Gasteiger partial charge is 0.150 e. The SMILES string of the molecule is Cc1cc(Oc2cccc3c2NCCC3)ccc1C#N. The highest BCUT2D eigenvalue weighted by molar-refractivity contribution is 5.64. The minimum absolute atomic E-state index is 0.686. The van der Waals surface area contributed by atoms with Crippen LogP contribution in [0.1, 0.15) is 23.1 Å². The largest absolute Gasteiger partial charge is 0.455 e. The minimum atomic E-state index is 0.686. The zero-order valence-corrected chi connectivity index (χ0v) is 11.4. The van der Waals surface area contributed by atoms with E-state index in [9.17, 15) is 0 Å². The third-order valence-corrected chi connectivity index (χ3v) is 3.58. The van der Waals surface area contributed by atoms with Crippen molar-refractivity contribution in [2.75, 3.05) is 11.9 Å². The van der Waals surface area contributed by atoms with Crippen molar-refractivity contribution in [3.05, 3.63) is 53.1 Å². The Hall–Kier alpha value is -2.47. The molecule has 3 heteroatoms. The molecule has 0 bridgehead atoms. The predicted molar refractivity (Wildman–Crippen MR) is 79.2 cm³/mol. The second-order valence-corrected chi connectivity index (χ2v) is 5.01. The van der Waals surface area contributed by atoms with E-state index >= 15 is 0 Å². The Morgan fingerprint density at radius 2 is 2.15 bits per heavy atom. The topological polar surface area (TPSA) is 45.0 Å². The molecular formula is C17H16N2O. The highest BCUT2D eigenvalue weighted by atomic mass is 16.5. The summed E-state index contributed by atoms with van der Waals surface area (Å²) >= 11 is 0. The number of rotatable bonds is 2. The van der Waals surface area contributed by atoms with Crippen molar-refractivity contribution < 1.29 is 4.74 Å². The monoisotopic (exact) mass is 264 g/mol. The van der Waals surface area contributed by atoms with Gasteiger partial charge in [0, 0.05) is 6.54 Å². The Bertz CT molecular complexity index is 686. The number of para-hydroxylation sites is 1. The van der Waals surface area contributed by atoms with E-state index in [-0.39, 0.29) is 0 Å². The Morgan fingerprint density at radius 1 is 1.25 bits per heavy atom. The lowest BCUT2D eigenvalue weighted by atomic mass is 10.0. The maximum atomic E-state index is 8.96. The first-order valence-electron chi connectivity index (χ1n) is 6.82. The van der Waals surface area contributed by atoms with Crippen molar-refractivity contribution in [3.8, 4) is 17.6 Å². The molecule has 0 fully saturated rings. The third-order valence-electron chi connectivity index (χ3n) is 3.58. The number of aryl methyl sites for hydroxylation is 2. The van der Waals surface area contributed by atoms with Gasteiger partial charge in [-0.3, -0.25) is 0 Å². The van der Waals surface area contributed by atoms with E-state index in [1.807, 2.05) is 31.2 Å². The lowest BCUT2D eigenvalue weighted by Crippen LogP contribution is -2.12. The zero-order valence-electron chi connectivity index (χ0n) is 11.4. The van der Waals surface area contributed by atoms with Crippen molar-refractivity contribution in [1.29, 1.82) is 5.26 Å². The Balaban J connectivity index is 1.92.